The maximum absolute atomic E-state index is 10.7. The molecular weight excluding hydrogens is 290 g/mol. The molecule has 0 saturated heterocycles. The highest BCUT2D eigenvalue weighted by molar-refractivity contribution is 7.81. The minimum atomic E-state index is -4.70. The van der Waals surface area contributed by atoms with Gasteiger partial charge in [0.25, 0.3) is 10.4 Å². The van der Waals surface area contributed by atoms with Gasteiger partial charge in [0.15, 0.2) is 0 Å². The summed E-state index contributed by atoms with van der Waals surface area (Å²) in [7, 11) is -4.70. The molecule has 0 bridgehead atoms. The van der Waals surface area contributed by atoms with Gasteiger partial charge in [0.05, 0.1) is 0 Å². The van der Waals surface area contributed by atoms with Crippen LogP contribution in [-0.2, 0) is 16.8 Å². The molecule has 0 amide bonds. The van der Waals surface area contributed by atoms with Crippen LogP contribution in [0, 0.1) is 0 Å². The lowest BCUT2D eigenvalue weighted by molar-refractivity contribution is 0.370. The molecule has 1 aromatic carbocycles. The highest BCUT2D eigenvalue weighted by Crippen LogP contribution is 2.22. The Labute approximate surface area is 128 Å². The van der Waals surface area contributed by atoms with Gasteiger partial charge in [-0.2, -0.15) is 0 Å². The van der Waals surface area contributed by atoms with Gasteiger partial charge < -0.3 is 14.9 Å². The fraction of sp³-hybridized carbons (Fsp3) is 0.600. The van der Waals surface area contributed by atoms with Crippen LogP contribution in [-0.4, -0.2) is 13.0 Å². The molecule has 21 heavy (non-hydrogen) atoms. The lowest BCUT2D eigenvalue weighted by atomic mass is 10.0. The zero-order chi connectivity index (χ0) is 14.8. The van der Waals surface area contributed by atoms with Gasteiger partial charge in [-0.15, -0.1) is 0 Å². The molecule has 1 aromatic rings. The number of unbranched alkanes of at least 4 members (excludes halogenated alkanes) is 6. The molecule has 122 valence electrons. The maximum atomic E-state index is 10.7. The predicted octanol–water partition coefficient (Wildman–Crippen LogP) is 4.19. The Balaban J connectivity index is 0.00000400. The Morgan fingerprint density at radius 1 is 1.00 bits per heavy atom. The highest BCUT2D eigenvalue weighted by Gasteiger charge is 2.05. The standard InChI is InChI=1S/C15H24O4S.H3N/c1-2-3-4-5-6-7-8-11-14-12-9-10-13-15(14)19-20(16,17)18;/h9-10,12-13H,2-8,11H2,1H3,(H,16,17,18);1H3. The molecule has 0 saturated carbocycles. The van der Waals surface area contributed by atoms with Crippen LogP contribution in [0.1, 0.15) is 57.4 Å². The number of hydrogen-bond donors (Lipinski definition) is 1. The van der Waals surface area contributed by atoms with Crippen molar-refractivity contribution in [2.45, 2.75) is 58.3 Å². The molecule has 0 heterocycles. The van der Waals surface area contributed by atoms with E-state index in [1.807, 2.05) is 6.07 Å². The molecule has 0 atom stereocenters. The number of quaternary nitrogens is 1. The van der Waals surface area contributed by atoms with Gasteiger partial charge in [-0.25, -0.2) is 8.42 Å². The van der Waals surface area contributed by atoms with Crippen LogP contribution in [0.15, 0.2) is 24.3 Å². The van der Waals surface area contributed by atoms with Crippen LogP contribution >= 0.6 is 0 Å². The first kappa shape index (κ1) is 19.9. The number of hydrogen-bond acceptors (Lipinski definition) is 4. The normalized spacial score (nSPS) is 11.0. The summed E-state index contributed by atoms with van der Waals surface area (Å²) in [4.78, 5) is 0. The SMILES string of the molecule is CCCCCCCCCc1ccccc1OS(=O)(=O)[O-].[NH4+]. The summed E-state index contributed by atoms with van der Waals surface area (Å²) in [6.45, 7) is 2.20. The topological polar surface area (TPSA) is 103 Å². The fourth-order valence-corrected chi connectivity index (χ4v) is 2.56. The molecule has 6 heteroatoms. The van der Waals surface area contributed by atoms with Crippen molar-refractivity contribution in [3.63, 3.8) is 0 Å². The molecule has 0 aliphatic carbocycles. The molecule has 0 unspecified atom stereocenters. The van der Waals surface area contributed by atoms with Crippen LogP contribution in [0.4, 0.5) is 0 Å². The monoisotopic (exact) mass is 317 g/mol. The Morgan fingerprint density at radius 2 is 1.57 bits per heavy atom. The Bertz CT molecular complexity index is 488. The molecule has 0 aliphatic rings. The predicted molar refractivity (Wildman–Crippen MR) is 84.4 cm³/mol. The Kier molecular flexibility index (Phi) is 10.0. The summed E-state index contributed by atoms with van der Waals surface area (Å²) in [5, 5.41) is 0. The summed E-state index contributed by atoms with van der Waals surface area (Å²) in [6.07, 6.45) is 9.09. The second-order valence-electron chi connectivity index (χ2n) is 4.97. The van der Waals surface area contributed by atoms with E-state index in [1.165, 1.54) is 38.2 Å². The summed E-state index contributed by atoms with van der Waals surface area (Å²) in [6, 6.07) is 6.80. The minimum absolute atomic E-state index is 0. The van der Waals surface area contributed by atoms with Gasteiger partial charge in [0, 0.05) is 0 Å². The summed E-state index contributed by atoms with van der Waals surface area (Å²) < 4.78 is 36.4. The third-order valence-electron chi connectivity index (χ3n) is 3.21. The van der Waals surface area contributed by atoms with Crippen LogP contribution in [0.5, 0.6) is 5.75 Å². The second kappa shape index (κ2) is 10.6. The van der Waals surface area contributed by atoms with Crippen molar-refractivity contribution < 1.29 is 17.2 Å². The second-order valence-corrected chi connectivity index (χ2v) is 5.95. The quantitative estimate of drug-likeness (QED) is 0.397. The van der Waals surface area contributed by atoms with E-state index in [-0.39, 0.29) is 11.9 Å². The zero-order valence-corrected chi connectivity index (χ0v) is 13.8. The van der Waals surface area contributed by atoms with Crippen LogP contribution in [0.25, 0.3) is 0 Å². The van der Waals surface area contributed by atoms with Gasteiger partial charge in [-0.3, -0.25) is 0 Å². The molecule has 0 spiro atoms. The van der Waals surface area contributed by atoms with Crippen LogP contribution in [0.2, 0.25) is 0 Å². The molecule has 5 nitrogen and oxygen atoms in total. The fourth-order valence-electron chi connectivity index (χ4n) is 2.17. The number of benzene rings is 1. The van der Waals surface area contributed by atoms with E-state index in [4.69, 9.17) is 0 Å². The summed E-state index contributed by atoms with van der Waals surface area (Å²) >= 11 is 0. The molecule has 0 aliphatic heterocycles. The van der Waals surface area contributed by atoms with Crippen molar-refractivity contribution in [1.82, 2.24) is 6.15 Å². The van der Waals surface area contributed by atoms with E-state index >= 15 is 0 Å². The molecular formula is C15H27NO4S. The highest BCUT2D eigenvalue weighted by atomic mass is 32.3. The first-order valence-electron chi connectivity index (χ1n) is 7.26. The minimum Gasteiger partial charge on any atom is -0.716 e. The van der Waals surface area contributed by atoms with Gasteiger partial charge >= 0.3 is 0 Å². The number of aryl methyl sites for hydroxylation is 1. The van der Waals surface area contributed by atoms with E-state index < -0.39 is 10.4 Å². The first-order valence-corrected chi connectivity index (χ1v) is 8.59. The van der Waals surface area contributed by atoms with Crippen molar-refractivity contribution in [3.8, 4) is 5.75 Å². The van der Waals surface area contributed by atoms with Crippen molar-refractivity contribution >= 4 is 10.4 Å². The Morgan fingerprint density at radius 3 is 2.19 bits per heavy atom. The van der Waals surface area contributed by atoms with Gasteiger partial charge in [0.2, 0.25) is 0 Å². The molecule has 0 aromatic heterocycles. The summed E-state index contributed by atoms with van der Waals surface area (Å²) in [5.41, 5.74) is 0.778. The van der Waals surface area contributed by atoms with Crippen molar-refractivity contribution in [2.75, 3.05) is 0 Å². The lowest BCUT2D eigenvalue weighted by Gasteiger charge is -2.13. The smallest absolute Gasteiger partial charge is 0.262 e. The van der Waals surface area contributed by atoms with E-state index in [2.05, 4.69) is 11.1 Å². The van der Waals surface area contributed by atoms with E-state index in [9.17, 15) is 13.0 Å². The molecule has 0 radical (unpaired) electrons. The van der Waals surface area contributed by atoms with Crippen LogP contribution < -0.4 is 10.3 Å². The average Bonchev–Trinajstić information content (AvgIpc) is 2.38. The van der Waals surface area contributed by atoms with Crippen molar-refractivity contribution in [1.29, 1.82) is 0 Å². The van der Waals surface area contributed by atoms with Crippen LogP contribution in [0.3, 0.4) is 0 Å². The molecule has 0 fully saturated rings. The van der Waals surface area contributed by atoms with E-state index in [0.29, 0.717) is 0 Å². The van der Waals surface area contributed by atoms with E-state index in [0.717, 1.165) is 24.8 Å². The largest absolute Gasteiger partial charge is 0.716 e. The first-order chi connectivity index (χ1) is 9.53. The van der Waals surface area contributed by atoms with E-state index in [1.54, 1.807) is 12.1 Å². The van der Waals surface area contributed by atoms with Gasteiger partial charge in [-0.05, 0) is 24.5 Å². The van der Waals surface area contributed by atoms with Gasteiger partial charge in [-0.1, -0.05) is 63.6 Å². The maximum Gasteiger partial charge on any atom is 0.262 e. The lowest BCUT2D eigenvalue weighted by Crippen LogP contribution is -2.08. The molecule has 4 N–H and O–H groups in total. The van der Waals surface area contributed by atoms with Crippen molar-refractivity contribution in [2.24, 2.45) is 0 Å². The summed E-state index contributed by atoms with van der Waals surface area (Å²) in [5.74, 6) is 0.161. The third-order valence-corrected chi connectivity index (χ3v) is 3.60. The van der Waals surface area contributed by atoms with Crippen molar-refractivity contribution in [3.05, 3.63) is 29.8 Å². The Hall–Kier alpha value is -1.11. The number of para-hydroxylation sites is 1. The zero-order valence-electron chi connectivity index (χ0n) is 13.0. The number of rotatable bonds is 10. The average molecular weight is 317 g/mol. The third kappa shape index (κ3) is 9.44. The van der Waals surface area contributed by atoms with Gasteiger partial charge in [0.1, 0.15) is 5.75 Å². The molecule has 1 rings (SSSR count).